The van der Waals surface area contributed by atoms with Gasteiger partial charge in [0.25, 0.3) is 0 Å². The van der Waals surface area contributed by atoms with Gasteiger partial charge in [0.1, 0.15) is 5.82 Å². The maximum absolute atomic E-state index is 13.9. The van der Waals surface area contributed by atoms with Crippen LogP contribution in [0.5, 0.6) is 0 Å². The van der Waals surface area contributed by atoms with E-state index in [1.807, 2.05) is 12.1 Å². The highest BCUT2D eigenvalue weighted by Crippen LogP contribution is 2.49. The Balaban J connectivity index is 1.23. The van der Waals surface area contributed by atoms with Crippen LogP contribution in [-0.4, -0.2) is 49.6 Å². The largest absolute Gasteiger partial charge is 0.367 e. The number of halogens is 1. The van der Waals surface area contributed by atoms with Gasteiger partial charge in [0.15, 0.2) is 0 Å². The number of piperazine rings is 1. The van der Waals surface area contributed by atoms with E-state index < -0.39 is 0 Å². The number of carbonyl (C=O) groups excluding carboxylic acids is 1. The summed E-state index contributed by atoms with van der Waals surface area (Å²) in [5.41, 5.74) is 0.668. The highest BCUT2D eigenvalue weighted by Gasteiger charge is 2.42. The third-order valence-corrected chi connectivity index (χ3v) is 6.76. The number of hydrogen-bond acceptors (Lipinski definition) is 3. The molecule has 4 atom stereocenters. The van der Waals surface area contributed by atoms with E-state index in [-0.39, 0.29) is 17.8 Å². The molecule has 1 amide bonds. The Bertz CT molecular complexity index is 644. The van der Waals surface area contributed by atoms with Crippen LogP contribution in [0.1, 0.15) is 32.6 Å². The van der Waals surface area contributed by atoms with Crippen molar-refractivity contribution in [2.75, 3.05) is 37.6 Å². The maximum atomic E-state index is 13.9. The molecule has 4 nitrogen and oxygen atoms in total. The van der Waals surface area contributed by atoms with Crippen molar-refractivity contribution in [2.24, 2.45) is 17.8 Å². The Morgan fingerprint density at radius 1 is 1.19 bits per heavy atom. The lowest BCUT2D eigenvalue weighted by molar-refractivity contribution is -0.123. The van der Waals surface area contributed by atoms with Crippen molar-refractivity contribution < 1.29 is 9.18 Å². The molecule has 5 heteroatoms. The number of rotatable bonds is 5. The van der Waals surface area contributed by atoms with E-state index in [1.54, 1.807) is 6.07 Å². The van der Waals surface area contributed by atoms with E-state index in [1.165, 1.54) is 31.7 Å². The fraction of sp³-hybridized carbons (Fsp3) is 0.667. The van der Waals surface area contributed by atoms with E-state index in [4.69, 9.17) is 0 Å². The summed E-state index contributed by atoms with van der Waals surface area (Å²) in [6.45, 7) is 5.75. The minimum Gasteiger partial charge on any atom is -0.367 e. The normalized spacial score (nSPS) is 29.8. The summed E-state index contributed by atoms with van der Waals surface area (Å²) in [4.78, 5) is 16.7. The summed E-state index contributed by atoms with van der Waals surface area (Å²) in [6.07, 6.45) is 5.43. The number of nitrogens with one attached hydrogen (secondary N) is 1. The Morgan fingerprint density at radius 2 is 1.96 bits per heavy atom. The minimum atomic E-state index is -0.168. The molecule has 1 heterocycles. The molecule has 26 heavy (non-hydrogen) atoms. The molecule has 2 bridgehead atoms. The molecule has 0 radical (unpaired) electrons. The molecule has 0 unspecified atom stereocenters. The van der Waals surface area contributed by atoms with Gasteiger partial charge >= 0.3 is 0 Å². The van der Waals surface area contributed by atoms with Gasteiger partial charge in [-0.25, -0.2) is 4.39 Å². The van der Waals surface area contributed by atoms with Crippen LogP contribution in [0.4, 0.5) is 10.1 Å². The predicted octanol–water partition coefficient (Wildman–Crippen LogP) is 2.89. The molecule has 3 aliphatic rings. The maximum Gasteiger partial charge on any atom is 0.234 e. The average molecular weight is 359 g/mol. The van der Waals surface area contributed by atoms with Crippen molar-refractivity contribution in [2.45, 2.75) is 38.6 Å². The minimum absolute atomic E-state index is 0.139. The van der Waals surface area contributed by atoms with Crippen molar-refractivity contribution in [1.82, 2.24) is 10.2 Å². The summed E-state index contributed by atoms with van der Waals surface area (Å²) in [6, 6.07) is 7.21. The lowest BCUT2D eigenvalue weighted by atomic mass is 9.84. The van der Waals surface area contributed by atoms with Crippen LogP contribution in [0, 0.1) is 23.6 Å². The number of nitrogens with zero attached hydrogens (tertiary/aromatic N) is 2. The van der Waals surface area contributed by atoms with Gasteiger partial charge in [0.05, 0.1) is 12.2 Å². The third-order valence-electron chi connectivity index (χ3n) is 6.76. The Kier molecular flexibility index (Phi) is 5.16. The first kappa shape index (κ1) is 17.8. The van der Waals surface area contributed by atoms with Gasteiger partial charge in [0, 0.05) is 32.2 Å². The number of hydrogen-bond donors (Lipinski definition) is 1. The van der Waals surface area contributed by atoms with E-state index in [9.17, 15) is 9.18 Å². The smallest absolute Gasteiger partial charge is 0.234 e. The molecule has 1 N–H and O–H groups in total. The second kappa shape index (κ2) is 7.55. The highest BCUT2D eigenvalue weighted by atomic mass is 19.1. The number of fused-ring (bicyclic) bond motifs is 2. The zero-order valence-corrected chi connectivity index (χ0v) is 15.7. The Morgan fingerprint density at radius 3 is 2.62 bits per heavy atom. The zero-order chi connectivity index (χ0) is 18.1. The Hall–Kier alpha value is -1.62. The van der Waals surface area contributed by atoms with Gasteiger partial charge in [-0.2, -0.15) is 0 Å². The predicted molar refractivity (Wildman–Crippen MR) is 102 cm³/mol. The molecule has 2 saturated carbocycles. The van der Waals surface area contributed by atoms with Crippen molar-refractivity contribution in [3.63, 3.8) is 0 Å². The van der Waals surface area contributed by atoms with Crippen LogP contribution < -0.4 is 10.2 Å². The standard InChI is InChI=1S/C21H30FN3O/c1-15(18-13-16-6-7-17(18)12-16)23-21(26)14-24-8-10-25(11-9-24)20-5-3-2-4-19(20)22/h2-5,15-18H,6-14H2,1H3,(H,23,26)/t15-,16-,17-,18-/m0/s1. The van der Waals surface area contributed by atoms with E-state index in [0.717, 1.165) is 38.0 Å². The number of anilines is 1. The van der Waals surface area contributed by atoms with Gasteiger partial charge in [-0.15, -0.1) is 0 Å². The van der Waals surface area contributed by atoms with Crippen LogP contribution in [0.15, 0.2) is 24.3 Å². The fourth-order valence-electron chi connectivity index (χ4n) is 5.37. The molecule has 0 aromatic heterocycles. The lowest BCUT2D eigenvalue weighted by Gasteiger charge is -2.36. The van der Waals surface area contributed by atoms with Crippen LogP contribution in [0.25, 0.3) is 0 Å². The van der Waals surface area contributed by atoms with E-state index in [2.05, 4.69) is 22.0 Å². The van der Waals surface area contributed by atoms with Gasteiger partial charge in [-0.05, 0) is 56.1 Å². The van der Waals surface area contributed by atoms with Gasteiger partial charge in [-0.3, -0.25) is 9.69 Å². The van der Waals surface area contributed by atoms with Crippen molar-refractivity contribution >= 4 is 11.6 Å². The first-order valence-corrected chi connectivity index (χ1v) is 10.1. The summed E-state index contributed by atoms with van der Waals surface area (Å²) >= 11 is 0. The molecule has 3 fully saturated rings. The van der Waals surface area contributed by atoms with Gasteiger partial charge in [0.2, 0.25) is 5.91 Å². The number of para-hydroxylation sites is 1. The van der Waals surface area contributed by atoms with Crippen LogP contribution in [0.2, 0.25) is 0 Å². The lowest BCUT2D eigenvalue weighted by Crippen LogP contribution is -2.51. The van der Waals surface area contributed by atoms with Crippen LogP contribution in [-0.2, 0) is 4.79 Å². The number of benzene rings is 1. The first-order chi connectivity index (χ1) is 12.6. The molecular weight excluding hydrogens is 329 g/mol. The summed E-state index contributed by atoms with van der Waals surface area (Å²) < 4.78 is 13.9. The van der Waals surface area contributed by atoms with E-state index in [0.29, 0.717) is 18.2 Å². The molecule has 0 spiro atoms. The van der Waals surface area contributed by atoms with Crippen LogP contribution in [0.3, 0.4) is 0 Å². The third kappa shape index (κ3) is 3.73. The molecule has 1 aromatic rings. The van der Waals surface area contributed by atoms with Gasteiger partial charge < -0.3 is 10.2 Å². The SMILES string of the molecule is C[C@H](NC(=O)CN1CCN(c2ccccc2F)CC1)[C@@H]1C[C@H]2CC[C@H]1C2. The van der Waals surface area contributed by atoms with E-state index >= 15 is 0 Å². The molecule has 1 aromatic carbocycles. The second-order valence-corrected chi connectivity index (χ2v) is 8.41. The van der Waals surface area contributed by atoms with Gasteiger partial charge in [-0.1, -0.05) is 18.6 Å². The van der Waals surface area contributed by atoms with Crippen LogP contribution >= 0.6 is 0 Å². The van der Waals surface area contributed by atoms with Crippen molar-refractivity contribution in [3.05, 3.63) is 30.1 Å². The Labute approximate surface area is 155 Å². The van der Waals surface area contributed by atoms with Crippen molar-refractivity contribution in [1.29, 1.82) is 0 Å². The molecule has 2 aliphatic carbocycles. The summed E-state index contributed by atoms with van der Waals surface area (Å²) in [5, 5.41) is 3.25. The summed E-state index contributed by atoms with van der Waals surface area (Å²) in [7, 11) is 0. The second-order valence-electron chi connectivity index (χ2n) is 8.41. The molecule has 1 saturated heterocycles. The summed E-state index contributed by atoms with van der Waals surface area (Å²) in [5.74, 6) is 2.39. The molecule has 1 aliphatic heterocycles. The first-order valence-electron chi connectivity index (χ1n) is 10.1. The molecular formula is C21H30FN3O. The quantitative estimate of drug-likeness (QED) is 0.878. The monoisotopic (exact) mass is 359 g/mol. The molecule has 4 rings (SSSR count). The topological polar surface area (TPSA) is 35.6 Å². The number of amides is 1. The number of carbonyl (C=O) groups is 1. The average Bonchev–Trinajstić information content (AvgIpc) is 3.26. The molecule has 142 valence electrons. The highest BCUT2D eigenvalue weighted by molar-refractivity contribution is 5.78. The zero-order valence-electron chi connectivity index (χ0n) is 15.7. The fourth-order valence-corrected chi connectivity index (χ4v) is 5.37. The van der Waals surface area contributed by atoms with Crippen molar-refractivity contribution in [3.8, 4) is 0 Å².